The third-order valence-electron chi connectivity index (χ3n) is 5.25. The normalized spacial score (nSPS) is 30.6. The molecule has 0 heterocycles. The van der Waals surface area contributed by atoms with E-state index < -0.39 is 0 Å². The van der Waals surface area contributed by atoms with Crippen LogP contribution in [0.25, 0.3) is 0 Å². The van der Waals surface area contributed by atoms with E-state index in [9.17, 15) is 0 Å². The molecule has 20 heavy (non-hydrogen) atoms. The van der Waals surface area contributed by atoms with Crippen molar-refractivity contribution in [2.75, 3.05) is 0 Å². The van der Waals surface area contributed by atoms with Crippen LogP contribution in [0.3, 0.4) is 0 Å². The average molecular weight is 283 g/mol. The zero-order valence-corrected chi connectivity index (χ0v) is 13.9. The number of unbranched alkanes of at least 4 members (excludes halogenated alkanes) is 8. The van der Waals surface area contributed by atoms with Crippen LogP contribution in [0.5, 0.6) is 0 Å². The van der Waals surface area contributed by atoms with Crippen LogP contribution >= 0.6 is 0 Å². The van der Waals surface area contributed by atoms with Crippen molar-refractivity contribution < 1.29 is 0 Å². The molecule has 0 aliphatic heterocycles. The fourth-order valence-electron chi connectivity index (χ4n) is 3.67. The lowest BCUT2D eigenvalue weighted by atomic mass is 9.73. The Kier molecular flexibility index (Phi) is 9.54. The van der Waals surface area contributed by atoms with E-state index in [4.69, 9.17) is 11.5 Å². The van der Waals surface area contributed by atoms with Gasteiger partial charge in [0.1, 0.15) is 0 Å². The van der Waals surface area contributed by atoms with E-state index in [2.05, 4.69) is 13.8 Å². The summed E-state index contributed by atoms with van der Waals surface area (Å²) in [6.07, 6.45) is 16.4. The second-order valence-electron chi connectivity index (χ2n) is 7.15. The van der Waals surface area contributed by atoms with Crippen molar-refractivity contribution in [3.8, 4) is 0 Å². The molecule has 0 aromatic carbocycles. The van der Waals surface area contributed by atoms with Crippen LogP contribution < -0.4 is 11.5 Å². The Morgan fingerprint density at radius 3 is 1.85 bits per heavy atom. The SMILES string of the molecule is CCCCCCCCCCCC1CC(N)C(N)CC1C. The lowest BCUT2D eigenvalue weighted by molar-refractivity contribution is 0.194. The summed E-state index contributed by atoms with van der Waals surface area (Å²) in [5, 5.41) is 0. The van der Waals surface area contributed by atoms with E-state index in [0.29, 0.717) is 0 Å². The molecule has 0 spiro atoms. The molecular formula is C18H38N2. The summed E-state index contributed by atoms with van der Waals surface area (Å²) < 4.78 is 0. The molecule has 0 aromatic rings. The third kappa shape index (κ3) is 7.08. The highest BCUT2D eigenvalue weighted by atomic mass is 14.8. The first-order chi connectivity index (χ1) is 9.65. The third-order valence-corrected chi connectivity index (χ3v) is 5.25. The molecule has 120 valence electrons. The van der Waals surface area contributed by atoms with Crippen LogP contribution in [-0.4, -0.2) is 12.1 Å². The molecule has 0 radical (unpaired) electrons. The number of nitrogens with two attached hydrogens (primary N) is 2. The van der Waals surface area contributed by atoms with Gasteiger partial charge in [0, 0.05) is 12.1 Å². The van der Waals surface area contributed by atoms with Gasteiger partial charge >= 0.3 is 0 Å². The van der Waals surface area contributed by atoms with Gasteiger partial charge in [-0.25, -0.2) is 0 Å². The van der Waals surface area contributed by atoms with Crippen LogP contribution in [0.2, 0.25) is 0 Å². The predicted molar refractivity (Wildman–Crippen MR) is 89.7 cm³/mol. The van der Waals surface area contributed by atoms with Gasteiger partial charge in [-0.3, -0.25) is 0 Å². The highest BCUT2D eigenvalue weighted by Gasteiger charge is 2.30. The van der Waals surface area contributed by atoms with E-state index in [0.717, 1.165) is 24.7 Å². The molecule has 1 aliphatic carbocycles. The monoisotopic (exact) mass is 282 g/mol. The molecule has 4 N–H and O–H groups in total. The van der Waals surface area contributed by atoms with Crippen molar-refractivity contribution in [3.63, 3.8) is 0 Å². The summed E-state index contributed by atoms with van der Waals surface area (Å²) >= 11 is 0. The van der Waals surface area contributed by atoms with E-state index in [1.54, 1.807) is 0 Å². The Balaban J connectivity index is 1.96. The van der Waals surface area contributed by atoms with E-state index >= 15 is 0 Å². The lowest BCUT2D eigenvalue weighted by Crippen LogP contribution is -2.48. The van der Waals surface area contributed by atoms with E-state index in [1.807, 2.05) is 0 Å². The van der Waals surface area contributed by atoms with Crippen LogP contribution in [0, 0.1) is 11.8 Å². The Hall–Kier alpha value is -0.0800. The van der Waals surface area contributed by atoms with E-state index in [1.165, 1.54) is 64.2 Å². The zero-order valence-electron chi connectivity index (χ0n) is 13.9. The Bertz CT molecular complexity index is 229. The molecule has 0 amide bonds. The Labute approximate surface area is 127 Å². The molecule has 0 saturated heterocycles. The molecule has 1 aliphatic rings. The van der Waals surface area contributed by atoms with Gasteiger partial charge in [0.2, 0.25) is 0 Å². The van der Waals surface area contributed by atoms with Crippen LogP contribution in [0.4, 0.5) is 0 Å². The van der Waals surface area contributed by atoms with Gasteiger partial charge in [-0.15, -0.1) is 0 Å². The maximum atomic E-state index is 6.12. The summed E-state index contributed by atoms with van der Waals surface area (Å²) in [5.74, 6) is 1.60. The fourth-order valence-corrected chi connectivity index (χ4v) is 3.67. The topological polar surface area (TPSA) is 52.0 Å². The number of rotatable bonds is 10. The first-order valence-electron chi connectivity index (χ1n) is 9.16. The summed E-state index contributed by atoms with van der Waals surface area (Å²) in [6, 6.07) is 0.485. The van der Waals surface area contributed by atoms with Crippen molar-refractivity contribution in [1.82, 2.24) is 0 Å². The van der Waals surface area contributed by atoms with E-state index in [-0.39, 0.29) is 12.1 Å². The van der Waals surface area contributed by atoms with Crippen LogP contribution in [0.1, 0.15) is 90.9 Å². The molecule has 1 rings (SSSR count). The van der Waals surface area contributed by atoms with Gasteiger partial charge in [0.05, 0.1) is 0 Å². The zero-order chi connectivity index (χ0) is 14.8. The summed E-state index contributed by atoms with van der Waals surface area (Å²) in [6.45, 7) is 4.65. The first kappa shape index (κ1) is 18.0. The van der Waals surface area contributed by atoms with Gasteiger partial charge in [0.25, 0.3) is 0 Å². The minimum atomic E-state index is 0.240. The maximum Gasteiger partial charge on any atom is 0.0195 e. The first-order valence-corrected chi connectivity index (χ1v) is 9.16. The van der Waals surface area contributed by atoms with Crippen LogP contribution in [0.15, 0.2) is 0 Å². The Morgan fingerprint density at radius 2 is 1.25 bits per heavy atom. The maximum absolute atomic E-state index is 6.12. The van der Waals surface area contributed by atoms with Gasteiger partial charge in [-0.2, -0.15) is 0 Å². The quantitative estimate of drug-likeness (QED) is 0.575. The fraction of sp³-hybridized carbons (Fsp3) is 1.00. The second kappa shape index (κ2) is 10.6. The minimum Gasteiger partial charge on any atom is -0.326 e. The summed E-state index contributed by atoms with van der Waals surface area (Å²) in [5.41, 5.74) is 12.2. The number of hydrogen-bond donors (Lipinski definition) is 2. The molecule has 1 saturated carbocycles. The molecule has 2 heteroatoms. The lowest BCUT2D eigenvalue weighted by Gasteiger charge is -2.37. The van der Waals surface area contributed by atoms with Crippen molar-refractivity contribution >= 4 is 0 Å². The van der Waals surface area contributed by atoms with Crippen molar-refractivity contribution in [1.29, 1.82) is 0 Å². The van der Waals surface area contributed by atoms with Crippen molar-refractivity contribution in [2.45, 2.75) is 103 Å². The summed E-state index contributed by atoms with van der Waals surface area (Å²) in [4.78, 5) is 0. The second-order valence-corrected chi connectivity index (χ2v) is 7.15. The standard InChI is InChI=1S/C18H38N2/c1-3-4-5-6-7-8-9-10-11-12-16-14-18(20)17(19)13-15(16)2/h15-18H,3-14,19-20H2,1-2H3. The van der Waals surface area contributed by atoms with Gasteiger partial charge in [-0.05, 0) is 24.7 Å². The van der Waals surface area contributed by atoms with Gasteiger partial charge in [-0.1, -0.05) is 78.1 Å². The highest BCUT2D eigenvalue weighted by molar-refractivity contribution is 4.88. The molecule has 0 bridgehead atoms. The molecule has 4 atom stereocenters. The number of hydrogen-bond acceptors (Lipinski definition) is 2. The van der Waals surface area contributed by atoms with Crippen molar-refractivity contribution in [3.05, 3.63) is 0 Å². The minimum absolute atomic E-state index is 0.240. The molecule has 0 aromatic heterocycles. The molecule has 1 fully saturated rings. The van der Waals surface area contributed by atoms with Gasteiger partial charge in [0.15, 0.2) is 0 Å². The highest BCUT2D eigenvalue weighted by Crippen LogP contribution is 2.32. The summed E-state index contributed by atoms with van der Waals surface area (Å²) in [7, 11) is 0. The largest absolute Gasteiger partial charge is 0.326 e. The van der Waals surface area contributed by atoms with Crippen molar-refractivity contribution in [2.24, 2.45) is 23.3 Å². The predicted octanol–water partition coefficient (Wildman–Crippen LogP) is 4.61. The smallest absolute Gasteiger partial charge is 0.0195 e. The average Bonchev–Trinajstić information content (AvgIpc) is 2.42. The Morgan fingerprint density at radius 1 is 0.750 bits per heavy atom. The molecular weight excluding hydrogens is 244 g/mol. The van der Waals surface area contributed by atoms with Gasteiger partial charge < -0.3 is 11.5 Å². The molecule has 4 unspecified atom stereocenters. The molecule has 2 nitrogen and oxygen atoms in total. The van der Waals surface area contributed by atoms with Crippen LogP contribution in [-0.2, 0) is 0 Å².